The summed E-state index contributed by atoms with van der Waals surface area (Å²) in [6.07, 6.45) is 5.93. The third kappa shape index (κ3) is 3.70. The van der Waals surface area contributed by atoms with Gasteiger partial charge in [0.1, 0.15) is 5.82 Å². The van der Waals surface area contributed by atoms with Crippen molar-refractivity contribution in [1.29, 1.82) is 0 Å². The molecular formula is C15H19LiN4O2. The number of rotatable bonds is 4. The Hall–Kier alpha value is -1.77. The first-order chi connectivity index (χ1) is 10.1. The molecule has 6 nitrogen and oxygen atoms in total. The maximum atomic E-state index is 10.8. The third-order valence-electron chi connectivity index (χ3n) is 3.78. The molecule has 0 unspecified atom stereocenters. The van der Waals surface area contributed by atoms with Crippen LogP contribution in [-0.2, 0) is 6.54 Å². The van der Waals surface area contributed by atoms with Gasteiger partial charge < -0.3 is 10.0 Å². The molecule has 22 heavy (non-hydrogen) atoms. The zero-order valence-electron chi connectivity index (χ0n) is 11.9. The molecule has 0 radical (unpaired) electrons. The number of carbonyl (C=O) groups is 1. The predicted molar refractivity (Wildman–Crippen MR) is 85.7 cm³/mol. The summed E-state index contributed by atoms with van der Waals surface area (Å²) >= 11 is 0. The van der Waals surface area contributed by atoms with Gasteiger partial charge in [-0.25, -0.2) is 9.78 Å². The molecule has 7 heteroatoms. The molecule has 0 aliphatic carbocycles. The van der Waals surface area contributed by atoms with E-state index in [4.69, 9.17) is 5.11 Å². The molecule has 0 aromatic carbocycles. The number of pyridine rings is 1. The molecule has 1 N–H and O–H groups in total. The number of hydrogen-bond acceptors (Lipinski definition) is 4. The van der Waals surface area contributed by atoms with Crippen molar-refractivity contribution >= 4 is 30.6 Å². The van der Waals surface area contributed by atoms with Crippen LogP contribution in [-0.4, -0.2) is 57.8 Å². The van der Waals surface area contributed by atoms with Crippen LogP contribution in [0, 0.1) is 5.92 Å². The molecule has 0 bridgehead atoms. The van der Waals surface area contributed by atoms with Gasteiger partial charge in [0.05, 0.1) is 18.3 Å². The van der Waals surface area contributed by atoms with E-state index in [2.05, 4.69) is 21.9 Å². The number of anilines is 1. The Morgan fingerprint density at radius 1 is 1.41 bits per heavy atom. The number of hydrogen-bond donors (Lipinski definition) is 1. The van der Waals surface area contributed by atoms with Crippen LogP contribution in [0.1, 0.15) is 29.3 Å². The van der Waals surface area contributed by atoms with Crippen LogP contribution in [0.5, 0.6) is 0 Å². The fourth-order valence-corrected chi connectivity index (χ4v) is 2.59. The normalized spacial score (nSPS) is 17.3. The van der Waals surface area contributed by atoms with Crippen molar-refractivity contribution in [2.24, 2.45) is 5.92 Å². The van der Waals surface area contributed by atoms with Gasteiger partial charge in [0.25, 0.3) is 0 Å². The van der Waals surface area contributed by atoms with Crippen LogP contribution in [0.3, 0.4) is 0 Å². The SMILES string of the molecule is C[C@H]1CCN(c2ccc(Cn3cc(C(=O)O)cn3)cn2)C1.[LiH]. The van der Waals surface area contributed by atoms with Gasteiger partial charge in [0.15, 0.2) is 0 Å². The molecule has 3 heterocycles. The standard InChI is InChI=1S/C15H18N4O2.Li.H/c1-11-4-5-18(8-11)14-3-2-12(6-16-14)9-19-10-13(7-17-19)15(20)21;;/h2-3,6-7,10-11H,4-5,8-9H2,1H3,(H,20,21);;/t11-;;/m0../s1. The first-order valence-electron chi connectivity index (χ1n) is 7.07. The van der Waals surface area contributed by atoms with Gasteiger partial charge in [-0.2, -0.15) is 5.10 Å². The first-order valence-corrected chi connectivity index (χ1v) is 7.07. The Morgan fingerprint density at radius 2 is 2.23 bits per heavy atom. The van der Waals surface area contributed by atoms with Crippen LogP contribution in [0.15, 0.2) is 30.7 Å². The topological polar surface area (TPSA) is 71.2 Å². The minimum absolute atomic E-state index is 0. The van der Waals surface area contributed by atoms with Crippen LogP contribution in [0.25, 0.3) is 0 Å². The molecule has 2 aromatic rings. The average molecular weight is 294 g/mol. The summed E-state index contributed by atoms with van der Waals surface area (Å²) in [5, 5.41) is 12.9. The molecule has 0 saturated carbocycles. The summed E-state index contributed by atoms with van der Waals surface area (Å²) < 4.78 is 1.61. The fourth-order valence-electron chi connectivity index (χ4n) is 2.59. The Labute approximate surface area is 141 Å². The molecule has 3 rings (SSSR count). The van der Waals surface area contributed by atoms with Crippen LogP contribution in [0.2, 0.25) is 0 Å². The monoisotopic (exact) mass is 294 g/mol. The van der Waals surface area contributed by atoms with Crippen molar-refractivity contribution in [2.45, 2.75) is 19.9 Å². The Bertz CT molecular complexity index is 641. The molecule has 1 aliphatic rings. The summed E-state index contributed by atoms with van der Waals surface area (Å²) in [4.78, 5) is 17.6. The Morgan fingerprint density at radius 3 is 2.77 bits per heavy atom. The molecule has 2 aromatic heterocycles. The molecular weight excluding hydrogens is 275 g/mol. The molecule has 0 spiro atoms. The third-order valence-corrected chi connectivity index (χ3v) is 3.78. The second-order valence-electron chi connectivity index (χ2n) is 5.60. The zero-order valence-corrected chi connectivity index (χ0v) is 11.9. The van der Waals surface area contributed by atoms with Gasteiger partial charge in [-0.05, 0) is 24.0 Å². The molecule has 1 aliphatic heterocycles. The van der Waals surface area contributed by atoms with E-state index in [-0.39, 0.29) is 24.4 Å². The van der Waals surface area contributed by atoms with E-state index in [1.165, 1.54) is 18.8 Å². The van der Waals surface area contributed by atoms with E-state index in [9.17, 15) is 4.79 Å². The maximum absolute atomic E-state index is 10.8. The van der Waals surface area contributed by atoms with Crippen molar-refractivity contribution in [2.75, 3.05) is 18.0 Å². The van der Waals surface area contributed by atoms with Crippen molar-refractivity contribution < 1.29 is 9.90 Å². The van der Waals surface area contributed by atoms with E-state index < -0.39 is 5.97 Å². The Kier molecular flexibility index (Phi) is 5.27. The number of nitrogens with zero attached hydrogens (tertiary/aromatic N) is 4. The quantitative estimate of drug-likeness (QED) is 0.859. The van der Waals surface area contributed by atoms with Crippen molar-refractivity contribution in [1.82, 2.24) is 14.8 Å². The summed E-state index contributed by atoms with van der Waals surface area (Å²) in [6, 6.07) is 4.04. The van der Waals surface area contributed by atoms with Crippen LogP contribution < -0.4 is 4.90 Å². The van der Waals surface area contributed by atoms with Crippen LogP contribution >= 0.6 is 0 Å². The summed E-state index contributed by atoms with van der Waals surface area (Å²) in [7, 11) is 0. The first kappa shape index (κ1) is 16.6. The summed E-state index contributed by atoms with van der Waals surface area (Å²) in [6.45, 7) is 4.91. The number of aromatic carboxylic acids is 1. The molecule has 0 amide bonds. The zero-order chi connectivity index (χ0) is 14.8. The van der Waals surface area contributed by atoms with Crippen molar-refractivity contribution in [3.05, 3.63) is 41.9 Å². The molecule has 1 atom stereocenters. The minimum atomic E-state index is -0.960. The number of carboxylic acids is 1. The van der Waals surface area contributed by atoms with E-state index in [1.807, 2.05) is 18.3 Å². The van der Waals surface area contributed by atoms with E-state index in [1.54, 1.807) is 4.68 Å². The van der Waals surface area contributed by atoms with E-state index >= 15 is 0 Å². The summed E-state index contributed by atoms with van der Waals surface area (Å²) in [5.74, 6) is 0.776. The van der Waals surface area contributed by atoms with Gasteiger partial charge in [-0.1, -0.05) is 13.0 Å². The van der Waals surface area contributed by atoms with Crippen molar-refractivity contribution in [3.63, 3.8) is 0 Å². The molecule has 1 fully saturated rings. The average Bonchev–Trinajstić information content (AvgIpc) is 3.09. The fraction of sp³-hybridized carbons (Fsp3) is 0.400. The molecule has 1 saturated heterocycles. The second kappa shape index (κ2) is 6.99. The summed E-state index contributed by atoms with van der Waals surface area (Å²) in [5.41, 5.74) is 1.21. The molecule has 112 valence electrons. The van der Waals surface area contributed by atoms with Gasteiger partial charge >= 0.3 is 24.8 Å². The predicted octanol–water partition coefficient (Wildman–Crippen LogP) is 1.22. The Balaban J connectivity index is 0.00000176. The van der Waals surface area contributed by atoms with Crippen LogP contribution in [0.4, 0.5) is 5.82 Å². The van der Waals surface area contributed by atoms with Crippen molar-refractivity contribution in [3.8, 4) is 0 Å². The van der Waals surface area contributed by atoms with E-state index in [0.29, 0.717) is 6.54 Å². The second-order valence-corrected chi connectivity index (χ2v) is 5.60. The van der Waals surface area contributed by atoms with Gasteiger partial charge in [-0.15, -0.1) is 0 Å². The van der Waals surface area contributed by atoms with Gasteiger partial charge in [-0.3, -0.25) is 4.68 Å². The number of carboxylic acid groups (broad SMARTS) is 1. The van der Waals surface area contributed by atoms with E-state index in [0.717, 1.165) is 30.4 Å². The van der Waals surface area contributed by atoms with Gasteiger partial charge in [0, 0.05) is 25.5 Å². The number of aromatic nitrogens is 3. The van der Waals surface area contributed by atoms with Gasteiger partial charge in [0.2, 0.25) is 0 Å².